The number of esters is 1. The quantitative estimate of drug-likeness (QED) is 0.587. The molecule has 6 nitrogen and oxygen atoms in total. The fourth-order valence-electron chi connectivity index (χ4n) is 3.59. The Morgan fingerprint density at radius 3 is 2.68 bits per heavy atom. The normalized spacial score (nSPS) is 12.7. The number of nitrogens with zero attached hydrogens (tertiary/aromatic N) is 1. The van der Waals surface area contributed by atoms with Crippen LogP contribution in [0.15, 0.2) is 60.7 Å². The number of benzene rings is 2. The first kappa shape index (κ1) is 20.8. The standard InChI is InChI=1S/C24H22N2O4S/c1-2-30-24(29)20-12-13-21(31-20)25-22(27)17-8-5-9-18(15-17)23(28)26-14-6-10-16-7-3-4-11-19(16)26/h3-5,7-9,11-13,15H,2,6,10,14H2,1H3,(H,25,27). The topological polar surface area (TPSA) is 75.7 Å². The molecule has 2 amide bonds. The van der Waals surface area contributed by atoms with Crippen LogP contribution < -0.4 is 10.2 Å². The van der Waals surface area contributed by atoms with Crippen LogP contribution in [0.5, 0.6) is 0 Å². The second-order valence-corrected chi connectivity index (χ2v) is 8.19. The van der Waals surface area contributed by atoms with Gasteiger partial charge in [0.05, 0.1) is 11.6 Å². The highest BCUT2D eigenvalue weighted by molar-refractivity contribution is 7.18. The van der Waals surface area contributed by atoms with Crippen LogP contribution in [0, 0.1) is 0 Å². The SMILES string of the molecule is CCOC(=O)c1ccc(NC(=O)c2cccc(C(=O)N3CCCc4ccccc43)c2)s1. The molecule has 0 aliphatic carbocycles. The van der Waals surface area contributed by atoms with Crippen molar-refractivity contribution >= 4 is 39.8 Å². The van der Waals surface area contributed by atoms with Gasteiger partial charge in [0.2, 0.25) is 0 Å². The van der Waals surface area contributed by atoms with Gasteiger partial charge in [-0.3, -0.25) is 9.59 Å². The van der Waals surface area contributed by atoms with Gasteiger partial charge in [-0.15, -0.1) is 11.3 Å². The number of fused-ring (bicyclic) bond motifs is 1. The summed E-state index contributed by atoms with van der Waals surface area (Å²) in [4.78, 5) is 39.9. The largest absolute Gasteiger partial charge is 0.462 e. The Balaban J connectivity index is 1.50. The molecule has 2 aromatic carbocycles. The van der Waals surface area contributed by atoms with Crippen molar-refractivity contribution in [3.8, 4) is 0 Å². The first-order chi connectivity index (χ1) is 15.1. The van der Waals surface area contributed by atoms with Crippen molar-refractivity contribution < 1.29 is 19.1 Å². The number of amides is 2. The third kappa shape index (κ3) is 4.51. The van der Waals surface area contributed by atoms with Gasteiger partial charge in [0.15, 0.2) is 0 Å². The van der Waals surface area contributed by atoms with Gasteiger partial charge in [0, 0.05) is 23.4 Å². The van der Waals surface area contributed by atoms with Gasteiger partial charge < -0.3 is 15.0 Å². The van der Waals surface area contributed by atoms with Crippen LogP contribution in [-0.4, -0.2) is 30.9 Å². The number of nitrogens with one attached hydrogen (secondary N) is 1. The molecule has 4 rings (SSSR count). The van der Waals surface area contributed by atoms with E-state index in [1.807, 2.05) is 24.3 Å². The van der Waals surface area contributed by atoms with Crippen molar-refractivity contribution in [3.63, 3.8) is 0 Å². The van der Waals surface area contributed by atoms with Crippen LogP contribution in [-0.2, 0) is 11.2 Å². The zero-order chi connectivity index (χ0) is 21.8. The monoisotopic (exact) mass is 434 g/mol. The lowest BCUT2D eigenvalue weighted by Gasteiger charge is -2.29. The second kappa shape index (κ2) is 9.14. The predicted octanol–water partition coefficient (Wildman–Crippen LogP) is 4.77. The summed E-state index contributed by atoms with van der Waals surface area (Å²) in [5.41, 5.74) is 2.93. The van der Waals surface area contributed by atoms with Crippen LogP contribution in [0.4, 0.5) is 10.7 Å². The Hall–Kier alpha value is -3.45. The molecule has 0 radical (unpaired) electrons. The van der Waals surface area contributed by atoms with E-state index in [9.17, 15) is 14.4 Å². The van der Waals surface area contributed by atoms with Crippen molar-refractivity contribution in [3.05, 3.63) is 82.2 Å². The first-order valence-corrected chi connectivity index (χ1v) is 11.0. The molecule has 31 heavy (non-hydrogen) atoms. The van der Waals surface area contributed by atoms with Crippen LogP contribution in [0.2, 0.25) is 0 Å². The summed E-state index contributed by atoms with van der Waals surface area (Å²) in [7, 11) is 0. The molecule has 0 unspecified atom stereocenters. The van der Waals surface area contributed by atoms with E-state index in [0.717, 1.165) is 35.4 Å². The minimum atomic E-state index is -0.414. The van der Waals surface area contributed by atoms with Gasteiger partial charge in [-0.05, 0) is 61.7 Å². The summed E-state index contributed by atoms with van der Waals surface area (Å²) >= 11 is 1.15. The average molecular weight is 435 g/mol. The van der Waals surface area contributed by atoms with E-state index in [1.165, 1.54) is 0 Å². The van der Waals surface area contributed by atoms with E-state index in [2.05, 4.69) is 5.32 Å². The van der Waals surface area contributed by atoms with E-state index < -0.39 is 5.97 Å². The van der Waals surface area contributed by atoms with Gasteiger partial charge >= 0.3 is 5.97 Å². The highest BCUT2D eigenvalue weighted by Gasteiger charge is 2.24. The lowest BCUT2D eigenvalue weighted by atomic mass is 10.0. The maximum atomic E-state index is 13.2. The summed E-state index contributed by atoms with van der Waals surface area (Å²) in [6.45, 7) is 2.68. The smallest absolute Gasteiger partial charge is 0.348 e. The molecule has 0 atom stereocenters. The number of aryl methyl sites for hydroxylation is 1. The molecule has 0 bridgehead atoms. The molecule has 1 aliphatic heterocycles. The van der Waals surface area contributed by atoms with E-state index in [0.29, 0.717) is 34.2 Å². The van der Waals surface area contributed by atoms with Crippen molar-refractivity contribution in [2.45, 2.75) is 19.8 Å². The van der Waals surface area contributed by atoms with E-state index in [-0.39, 0.29) is 11.8 Å². The molecule has 1 aromatic heterocycles. The molecule has 158 valence electrons. The van der Waals surface area contributed by atoms with Crippen LogP contribution in [0.3, 0.4) is 0 Å². The molecular weight excluding hydrogens is 412 g/mol. The summed E-state index contributed by atoms with van der Waals surface area (Å²) < 4.78 is 4.97. The van der Waals surface area contributed by atoms with E-state index in [4.69, 9.17) is 4.74 Å². The van der Waals surface area contributed by atoms with Gasteiger partial charge in [-0.1, -0.05) is 24.3 Å². The number of ether oxygens (including phenoxy) is 1. The molecular formula is C24H22N2O4S. The number of hydrogen-bond donors (Lipinski definition) is 1. The highest BCUT2D eigenvalue weighted by atomic mass is 32.1. The summed E-state index contributed by atoms with van der Waals surface area (Å²) in [6, 6.07) is 17.9. The maximum absolute atomic E-state index is 13.2. The van der Waals surface area contributed by atoms with Crippen molar-refractivity contribution in [1.82, 2.24) is 0 Å². The zero-order valence-corrected chi connectivity index (χ0v) is 17.9. The summed E-state index contributed by atoms with van der Waals surface area (Å²) in [6.07, 6.45) is 1.86. The van der Waals surface area contributed by atoms with Crippen molar-refractivity contribution in [2.75, 3.05) is 23.4 Å². The fourth-order valence-corrected chi connectivity index (χ4v) is 4.39. The minimum absolute atomic E-state index is 0.123. The lowest BCUT2D eigenvalue weighted by Crippen LogP contribution is -2.35. The van der Waals surface area contributed by atoms with Crippen molar-refractivity contribution in [1.29, 1.82) is 0 Å². The third-order valence-corrected chi connectivity index (χ3v) is 6.03. The Labute approximate surface area is 184 Å². The number of anilines is 2. The number of carbonyl (C=O) groups excluding carboxylic acids is 3. The highest BCUT2D eigenvalue weighted by Crippen LogP contribution is 2.28. The second-order valence-electron chi connectivity index (χ2n) is 7.11. The molecule has 1 N–H and O–H groups in total. The van der Waals surface area contributed by atoms with Crippen LogP contribution in [0.1, 0.15) is 49.3 Å². The van der Waals surface area contributed by atoms with E-state index in [1.54, 1.807) is 48.2 Å². The molecule has 2 heterocycles. The zero-order valence-electron chi connectivity index (χ0n) is 17.1. The van der Waals surface area contributed by atoms with Crippen LogP contribution in [0.25, 0.3) is 0 Å². The predicted molar refractivity (Wildman–Crippen MR) is 121 cm³/mol. The lowest BCUT2D eigenvalue weighted by molar-refractivity contribution is 0.0532. The van der Waals surface area contributed by atoms with Gasteiger partial charge in [-0.2, -0.15) is 0 Å². The fraction of sp³-hybridized carbons (Fsp3) is 0.208. The summed E-state index contributed by atoms with van der Waals surface area (Å²) in [5.74, 6) is -0.879. The molecule has 1 aliphatic rings. The van der Waals surface area contributed by atoms with Crippen molar-refractivity contribution in [2.24, 2.45) is 0 Å². The van der Waals surface area contributed by atoms with Gasteiger partial charge in [0.25, 0.3) is 11.8 Å². The molecule has 0 fully saturated rings. The minimum Gasteiger partial charge on any atom is -0.462 e. The Kier molecular flexibility index (Phi) is 6.13. The maximum Gasteiger partial charge on any atom is 0.348 e. The first-order valence-electron chi connectivity index (χ1n) is 10.1. The van der Waals surface area contributed by atoms with Gasteiger partial charge in [-0.25, -0.2) is 4.79 Å². The number of para-hydroxylation sites is 1. The summed E-state index contributed by atoms with van der Waals surface area (Å²) in [5, 5.41) is 3.32. The Morgan fingerprint density at radius 2 is 1.84 bits per heavy atom. The molecule has 0 spiro atoms. The van der Waals surface area contributed by atoms with E-state index >= 15 is 0 Å². The number of carbonyl (C=O) groups is 3. The number of thiophene rings is 1. The number of rotatable bonds is 5. The average Bonchev–Trinajstić information content (AvgIpc) is 3.27. The third-order valence-electron chi connectivity index (χ3n) is 5.05. The molecule has 7 heteroatoms. The Morgan fingerprint density at radius 1 is 1.03 bits per heavy atom. The molecule has 0 saturated carbocycles. The van der Waals surface area contributed by atoms with Crippen LogP contribution >= 0.6 is 11.3 Å². The number of hydrogen-bond acceptors (Lipinski definition) is 5. The Bertz CT molecular complexity index is 1140. The molecule has 3 aromatic rings. The van der Waals surface area contributed by atoms with Gasteiger partial charge in [0.1, 0.15) is 4.88 Å². The molecule has 0 saturated heterocycles.